The van der Waals surface area contributed by atoms with Crippen LogP contribution in [0.15, 0.2) is 24.3 Å². The largest absolute Gasteiger partial charge is 0.416 e. The minimum atomic E-state index is -4.49. The van der Waals surface area contributed by atoms with Gasteiger partial charge in [0.1, 0.15) is 0 Å². The summed E-state index contributed by atoms with van der Waals surface area (Å²) in [6.45, 7) is 8.95. The highest BCUT2D eigenvalue weighted by Crippen LogP contribution is 2.31. The highest BCUT2D eigenvalue weighted by molar-refractivity contribution is 7.90. The van der Waals surface area contributed by atoms with Crippen molar-refractivity contribution in [3.8, 4) is 5.69 Å². The molecular weight excluding hydrogens is 419 g/mol. The first-order chi connectivity index (χ1) is 13.6. The molecule has 1 N–H and O–H groups in total. The van der Waals surface area contributed by atoms with Gasteiger partial charge in [0.05, 0.1) is 29.1 Å². The number of aromatic nitrogens is 2. The molecule has 10 heteroatoms. The number of amides is 1. The highest BCUT2D eigenvalue weighted by atomic mass is 32.2. The average Bonchev–Trinajstić information content (AvgIpc) is 2.87. The fourth-order valence-electron chi connectivity index (χ4n) is 2.86. The molecular formula is C20H26F3N3O3S. The van der Waals surface area contributed by atoms with Gasteiger partial charge >= 0.3 is 6.18 Å². The number of hydrogen-bond acceptors (Lipinski definition) is 4. The zero-order valence-corrected chi connectivity index (χ0v) is 18.4. The quantitative estimate of drug-likeness (QED) is 0.731. The van der Waals surface area contributed by atoms with Crippen LogP contribution in [0.2, 0.25) is 0 Å². The van der Waals surface area contributed by atoms with Gasteiger partial charge in [-0.1, -0.05) is 26.8 Å². The molecule has 0 saturated heterocycles. The number of aryl methyl sites for hydroxylation is 1. The monoisotopic (exact) mass is 445 g/mol. The van der Waals surface area contributed by atoms with Crippen LogP contribution in [-0.4, -0.2) is 29.9 Å². The summed E-state index contributed by atoms with van der Waals surface area (Å²) in [6, 6.07) is 4.70. The second-order valence-electron chi connectivity index (χ2n) is 8.44. The van der Waals surface area contributed by atoms with E-state index in [2.05, 4.69) is 9.82 Å². The fourth-order valence-corrected chi connectivity index (χ4v) is 4.26. The van der Waals surface area contributed by atoms with E-state index < -0.39 is 27.7 Å². The van der Waals surface area contributed by atoms with Crippen molar-refractivity contribution in [1.29, 1.82) is 0 Å². The summed E-state index contributed by atoms with van der Waals surface area (Å²) in [5, 5.41) is 4.24. The van der Waals surface area contributed by atoms with Gasteiger partial charge in [0.15, 0.2) is 0 Å². The van der Waals surface area contributed by atoms with E-state index in [1.807, 2.05) is 20.8 Å². The lowest BCUT2D eigenvalue weighted by molar-refractivity contribution is -0.137. The molecule has 0 spiro atoms. The Labute approximate surface area is 174 Å². The molecule has 1 aromatic carbocycles. The predicted molar refractivity (Wildman–Crippen MR) is 108 cm³/mol. The number of benzene rings is 1. The third-order valence-corrected chi connectivity index (χ3v) is 5.87. The van der Waals surface area contributed by atoms with Gasteiger partial charge in [0, 0.05) is 11.3 Å². The van der Waals surface area contributed by atoms with E-state index >= 15 is 0 Å². The van der Waals surface area contributed by atoms with Crippen LogP contribution in [-0.2, 0) is 27.4 Å². The second kappa shape index (κ2) is 8.41. The summed E-state index contributed by atoms with van der Waals surface area (Å²) in [5.41, 5.74) is 0.570. The third kappa shape index (κ3) is 6.32. The molecule has 166 valence electrons. The lowest BCUT2D eigenvalue weighted by Crippen LogP contribution is -2.34. The number of carbonyl (C=O) groups is 1. The van der Waals surface area contributed by atoms with Crippen molar-refractivity contribution in [2.45, 2.75) is 53.6 Å². The van der Waals surface area contributed by atoms with Crippen LogP contribution in [0.3, 0.4) is 0 Å². The lowest BCUT2D eigenvalue weighted by atomic mass is 9.94. The van der Waals surface area contributed by atoms with Crippen molar-refractivity contribution in [3.05, 3.63) is 46.8 Å². The van der Waals surface area contributed by atoms with Crippen molar-refractivity contribution in [3.63, 3.8) is 0 Å². The van der Waals surface area contributed by atoms with Gasteiger partial charge in [-0.15, -0.1) is 0 Å². The van der Waals surface area contributed by atoms with Crippen LogP contribution in [0.5, 0.6) is 0 Å². The summed E-state index contributed by atoms with van der Waals surface area (Å²) in [4.78, 5) is 12.3. The summed E-state index contributed by atoms with van der Waals surface area (Å²) in [5.74, 6) is -0.886. The summed E-state index contributed by atoms with van der Waals surface area (Å²) in [6.07, 6.45) is -4.34. The smallest absolute Gasteiger partial charge is 0.274 e. The first-order valence-electron chi connectivity index (χ1n) is 9.35. The zero-order chi connectivity index (χ0) is 22.9. The van der Waals surface area contributed by atoms with Crippen LogP contribution >= 0.6 is 0 Å². The van der Waals surface area contributed by atoms with Crippen molar-refractivity contribution < 1.29 is 26.4 Å². The number of sulfonamides is 1. The van der Waals surface area contributed by atoms with E-state index in [-0.39, 0.29) is 23.3 Å². The number of halogens is 3. The molecule has 0 aliphatic rings. The van der Waals surface area contributed by atoms with Gasteiger partial charge in [-0.05, 0) is 43.9 Å². The number of nitrogens with zero attached hydrogens (tertiary/aromatic N) is 2. The molecule has 2 aromatic rings. The second-order valence-corrected chi connectivity index (χ2v) is 10.3. The molecule has 0 unspecified atom stereocenters. The Morgan fingerprint density at radius 3 is 2.37 bits per heavy atom. The van der Waals surface area contributed by atoms with Crippen molar-refractivity contribution in [2.24, 2.45) is 5.41 Å². The van der Waals surface area contributed by atoms with Gasteiger partial charge in [-0.25, -0.2) is 13.1 Å². The Morgan fingerprint density at radius 1 is 1.17 bits per heavy atom. The van der Waals surface area contributed by atoms with E-state index in [9.17, 15) is 26.4 Å². The number of rotatable bonds is 6. The molecule has 30 heavy (non-hydrogen) atoms. The van der Waals surface area contributed by atoms with Gasteiger partial charge in [0.2, 0.25) is 15.9 Å². The molecule has 1 heterocycles. The Hall–Kier alpha value is -2.36. The molecule has 0 saturated carbocycles. The Bertz CT molecular complexity index is 1040. The first kappa shape index (κ1) is 23.9. The molecule has 1 amide bonds. The Kier molecular flexibility index (Phi) is 6.70. The maximum absolute atomic E-state index is 13.0. The number of alkyl halides is 3. The molecule has 0 fully saturated rings. The van der Waals surface area contributed by atoms with Crippen LogP contribution < -0.4 is 4.72 Å². The standard InChI is InChI=1S/C20H26F3N3O3S/c1-13-17(12-18(27)25-30(28,29)10-9-19(3,4)5)14(2)26(24-13)16-8-6-7-15(11-16)20(21,22)23/h6-8,11H,9-10,12H2,1-5H3,(H,25,27). The van der Waals surface area contributed by atoms with Crippen LogP contribution in [0, 0.1) is 19.3 Å². The Balaban J connectivity index is 2.21. The number of carbonyl (C=O) groups excluding carboxylic acids is 1. The Morgan fingerprint density at radius 2 is 1.80 bits per heavy atom. The maximum atomic E-state index is 13.0. The number of hydrogen-bond donors (Lipinski definition) is 1. The number of nitrogens with one attached hydrogen (secondary N) is 1. The molecule has 0 radical (unpaired) electrons. The van der Waals surface area contributed by atoms with Gasteiger partial charge in [0.25, 0.3) is 0 Å². The van der Waals surface area contributed by atoms with E-state index in [1.54, 1.807) is 13.8 Å². The van der Waals surface area contributed by atoms with Crippen LogP contribution in [0.25, 0.3) is 5.69 Å². The van der Waals surface area contributed by atoms with Gasteiger partial charge < -0.3 is 0 Å². The minimum Gasteiger partial charge on any atom is -0.274 e. The van der Waals surface area contributed by atoms with Gasteiger partial charge in [-0.3, -0.25) is 9.52 Å². The predicted octanol–water partition coefficient (Wildman–Crippen LogP) is 3.93. The molecule has 0 bridgehead atoms. The average molecular weight is 446 g/mol. The molecule has 1 aromatic heterocycles. The van der Waals surface area contributed by atoms with E-state index in [0.29, 0.717) is 23.4 Å². The molecule has 0 atom stereocenters. The third-order valence-electron chi connectivity index (χ3n) is 4.59. The van der Waals surface area contributed by atoms with Crippen molar-refractivity contribution >= 4 is 15.9 Å². The SMILES string of the molecule is Cc1nn(-c2cccc(C(F)(F)F)c2)c(C)c1CC(=O)NS(=O)(=O)CCC(C)(C)C. The van der Waals surface area contributed by atoms with Crippen molar-refractivity contribution in [2.75, 3.05) is 5.75 Å². The van der Waals surface area contributed by atoms with E-state index in [4.69, 9.17) is 0 Å². The summed E-state index contributed by atoms with van der Waals surface area (Å²) < 4.78 is 66.7. The van der Waals surface area contributed by atoms with Crippen LogP contribution in [0.1, 0.15) is 49.7 Å². The first-order valence-corrected chi connectivity index (χ1v) is 11.0. The molecule has 0 aliphatic heterocycles. The lowest BCUT2D eigenvalue weighted by Gasteiger charge is -2.17. The zero-order valence-electron chi connectivity index (χ0n) is 17.6. The van der Waals surface area contributed by atoms with E-state index in [1.165, 1.54) is 16.8 Å². The normalized spacial score (nSPS) is 12.8. The minimum absolute atomic E-state index is 0.177. The van der Waals surface area contributed by atoms with Crippen molar-refractivity contribution in [1.82, 2.24) is 14.5 Å². The fraction of sp³-hybridized carbons (Fsp3) is 0.500. The summed E-state index contributed by atoms with van der Waals surface area (Å²) in [7, 11) is -3.78. The van der Waals surface area contributed by atoms with Crippen LogP contribution in [0.4, 0.5) is 13.2 Å². The molecule has 0 aliphatic carbocycles. The highest BCUT2D eigenvalue weighted by Gasteiger charge is 2.31. The summed E-state index contributed by atoms with van der Waals surface area (Å²) >= 11 is 0. The molecule has 6 nitrogen and oxygen atoms in total. The van der Waals surface area contributed by atoms with Gasteiger partial charge in [-0.2, -0.15) is 18.3 Å². The topological polar surface area (TPSA) is 81.1 Å². The molecule has 2 rings (SSSR count). The van der Waals surface area contributed by atoms with E-state index in [0.717, 1.165) is 12.1 Å². The maximum Gasteiger partial charge on any atom is 0.416 e.